The molecule has 0 saturated heterocycles. The van der Waals surface area contributed by atoms with Crippen LogP contribution >= 0.6 is 0 Å². The zero-order valence-corrected chi connectivity index (χ0v) is 14.3. The van der Waals surface area contributed by atoms with E-state index in [9.17, 15) is 23.7 Å². The van der Waals surface area contributed by atoms with Crippen molar-refractivity contribution in [2.45, 2.75) is 6.18 Å². The third-order valence-electron chi connectivity index (χ3n) is 3.98. The van der Waals surface area contributed by atoms with E-state index in [0.29, 0.717) is 5.69 Å². The maximum Gasteiger partial charge on any atom is 0.416 e. The Bertz CT molecular complexity index is 1130. The van der Waals surface area contributed by atoms with Crippen LogP contribution in [-0.2, 0) is 6.18 Å². The molecule has 0 aliphatic carbocycles. The van der Waals surface area contributed by atoms with Gasteiger partial charge in [-0.05, 0) is 29.8 Å². The van der Waals surface area contributed by atoms with Gasteiger partial charge in [0.2, 0.25) is 0 Å². The number of nitrogens with zero attached hydrogens (tertiary/aromatic N) is 4. The summed E-state index contributed by atoms with van der Waals surface area (Å²) in [6, 6.07) is 17.2. The second-order valence-corrected chi connectivity index (χ2v) is 5.72. The van der Waals surface area contributed by atoms with Crippen LogP contribution in [0.4, 0.5) is 19.0 Å². The van der Waals surface area contributed by atoms with Crippen LogP contribution < -0.4 is 5.73 Å². The molecule has 0 radical (unpaired) electrons. The zero-order chi connectivity index (χ0) is 20.3. The van der Waals surface area contributed by atoms with E-state index in [1.54, 1.807) is 30.3 Å². The van der Waals surface area contributed by atoms with Crippen LogP contribution in [-0.4, -0.2) is 9.78 Å². The second kappa shape index (κ2) is 7.29. The number of nitrogens with two attached hydrogens (primary N) is 1. The van der Waals surface area contributed by atoms with Crippen molar-refractivity contribution in [3.05, 3.63) is 77.0 Å². The standard InChI is InChI=1S/C20H12F3N5/c21-20(22,23)17-9-5-4-6-13(17)10-14(11-24)18-16(12-25)19(26)28(27-18)15-7-2-1-3-8-15/h1-10H,26H2. The molecule has 0 aliphatic heterocycles. The lowest BCUT2D eigenvalue weighted by molar-refractivity contribution is -0.137. The number of allylic oxidation sites excluding steroid dienone is 1. The molecule has 0 aliphatic rings. The molecular formula is C20H12F3N5. The lowest BCUT2D eigenvalue weighted by Gasteiger charge is -2.10. The van der Waals surface area contributed by atoms with Crippen molar-refractivity contribution in [3.63, 3.8) is 0 Å². The summed E-state index contributed by atoms with van der Waals surface area (Å²) in [5.74, 6) is -0.00560. The quantitative estimate of drug-likeness (QED) is 0.683. The van der Waals surface area contributed by atoms with Gasteiger partial charge in [0, 0.05) is 0 Å². The van der Waals surface area contributed by atoms with Crippen LogP contribution in [0.15, 0.2) is 54.6 Å². The fourth-order valence-electron chi connectivity index (χ4n) is 2.69. The number of aromatic nitrogens is 2. The predicted molar refractivity (Wildman–Crippen MR) is 97.6 cm³/mol. The van der Waals surface area contributed by atoms with Crippen molar-refractivity contribution in [2.24, 2.45) is 0 Å². The number of rotatable bonds is 3. The lowest BCUT2D eigenvalue weighted by Crippen LogP contribution is -2.07. The number of alkyl halides is 3. The Kier molecular flexibility index (Phi) is 4.88. The maximum atomic E-state index is 13.2. The van der Waals surface area contributed by atoms with Crippen LogP contribution in [0.25, 0.3) is 17.3 Å². The van der Waals surface area contributed by atoms with Crippen LogP contribution in [0, 0.1) is 22.7 Å². The van der Waals surface area contributed by atoms with Crippen molar-refractivity contribution in [3.8, 4) is 17.8 Å². The number of hydrogen-bond donors (Lipinski definition) is 1. The van der Waals surface area contributed by atoms with Crippen LogP contribution in [0.3, 0.4) is 0 Å². The predicted octanol–water partition coefficient (Wildman–Crippen LogP) is 4.41. The number of benzene rings is 2. The van der Waals surface area contributed by atoms with Crippen molar-refractivity contribution in [1.82, 2.24) is 9.78 Å². The minimum absolute atomic E-state index is 0.00560. The van der Waals surface area contributed by atoms with Gasteiger partial charge in [0.15, 0.2) is 0 Å². The SMILES string of the molecule is N#CC(=Cc1ccccc1C(F)(F)F)c1nn(-c2ccccc2)c(N)c1C#N. The van der Waals surface area contributed by atoms with Crippen molar-refractivity contribution >= 4 is 17.5 Å². The summed E-state index contributed by atoms with van der Waals surface area (Å²) in [6.45, 7) is 0. The first-order chi connectivity index (χ1) is 13.4. The van der Waals surface area contributed by atoms with Gasteiger partial charge in [-0.15, -0.1) is 0 Å². The normalized spacial score (nSPS) is 11.7. The van der Waals surface area contributed by atoms with Gasteiger partial charge in [0.25, 0.3) is 0 Å². The maximum absolute atomic E-state index is 13.2. The first-order valence-corrected chi connectivity index (χ1v) is 7.99. The van der Waals surface area contributed by atoms with E-state index in [1.165, 1.54) is 22.9 Å². The van der Waals surface area contributed by atoms with Crippen LogP contribution in [0.2, 0.25) is 0 Å². The summed E-state index contributed by atoms with van der Waals surface area (Å²) < 4.78 is 41.0. The smallest absolute Gasteiger partial charge is 0.382 e. The van der Waals surface area contributed by atoms with Gasteiger partial charge < -0.3 is 5.73 Å². The topological polar surface area (TPSA) is 91.4 Å². The molecule has 0 bridgehead atoms. The summed E-state index contributed by atoms with van der Waals surface area (Å²) in [7, 11) is 0. The highest BCUT2D eigenvalue weighted by Crippen LogP contribution is 2.34. The first-order valence-electron chi connectivity index (χ1n) is 7.99. The molecule has 28 heavy (non-hydrogen) atoms. The van der Waals surface area contributed by atoms with Gasteiger partial charge in [0.05, 0.1) is 16.8 Å². The van der Waals surface area contributed by atoms with Crippen LogP contribution in [0.5, 0.6) is 0 Å². The highest BCUT2D eigenvalue weighted by atomic mass is 19.4. The molecule has 0 fully saturated rings. The van der Waals surface area contributed by atoms with E-state index >= 15 is 0 Å². The summed E-state index contributed by atoms with van der Waals surface area (Å²) in [4.78, 5) is 0. The Morgan fingerprint density at radius 3 is 2.29 bits per heavy atom. The Balaban J connectivity index is 2.20. The zero-order valence-electron chi connectivity index (χ0n) is 14.3. The van der Waals surface area contributed by atoms with E-state index in [-0.39, 0.29) is 28.2 Å². The molecule has 1 heterocycles. The highest BCUT2D eigenvalue weighted by molar-refractivity contribution is 5.92. The summed E-state index contributed by atoms with van der Waals surface area (Å²) in [6.07, 6.45) is -3.53. The Morgan fingerprint density at radius 2 is 1.68 bits per heavy atom. The third kappa shape index (κ3) is 3.44. The number of hydrogen-bond acceptors (Lipinski definition) is 4. The monoisotopic (exact) mass is 379 g/mol. The number of nitrogen functional groups attached to an aromatic ring is 1. The largest absolute Gasteiger partial charge is 0.416 e. The van der Waals surface area contributed by atoms with Gasteiger partial charge >= 0.3 is 6.18 Å². The molecule has 8 heteroatoms. The summed E-state index contributed by atoms with van der Waals surface area (Å²) in [5.41, 5.74) is 5.09. The van der Waals surface area contributed by atoms with Crippen molar-refractivity contribution in [1.29, 1.82) is 10.5 Å². The molecular weight excluding hydrogens is 367 g/mol. The molecule has 2 aromatic carbocycles. The third-order valence-corrected chi connectivity index (χ3v) is 3.98. The second-order valence-electron chi connectivity index (χ2n) is 5.72. The molecule has 0 spiro atoms. The average Bonchev–Trinajstić information content (AvgIpc) is 3.02. The fourth-order valence-corrected chi connectivity index (χ4v) is 2.69. The fraction of sp³-hybridized carbons (Fsp3) is 0.0500. The van der Waals surface area contributed by atoms with Gasteiger partial charge in [-0.2, -0.15) is 28.8 Å². The minimum atomic E-state index is -4.59. The minimum Gasteiger partial charge on any atom is -0.382 e. The van der Waals surface area contributed by atoms with E-state index in [1.807, 2.05) is 12.1 Å². The average molecular weight is 379 g/mol. The molecule has 0 unspecified atom stereocenters. The molecule has 3 rings (SSSR count). The molecule has 3 aromatic rings. The van der Waals surface area contributed by atoms with E-state index in [4.69, 9.17) is 5.73 Å². The number of nitriles is 2. The number of halogens is 3. The van der Waals surface area contributed by atoms with E-state index < -0.39 is 11.7 Å². The molecule has 0 saturated carbocycles. The van der Waals surface area contributed by atoms with E-state index in [2.05, 4.69) is 5.10 Å². The van der Waals surface area contributed by atoms with Crippen molar-refractivity contribution < 1.29 is 13.2 Å². The molecule has 138 valence electrons. The number of anilines is 1. The van der Waals surface area contributed by atoms with Crippen LogP contribution in [0.1, 0.15) is 22.4 Å². The Hall–Kier alpha value is -4.04. The molecule has 2 N–H and O–H groups in total. The molecule has 1 aromatic heterocycles. The highest BCUT2D eigenvalue weighted by Gasteiger charge is 2.32. The summed E-state index contributed by atoms with van der Waals surface area (Å²) in [5, 5.41) is 23.2. The first kappa shape index (κ1) is 18.7. The molecule has 0 atom stereocenters. The summed E-state index contributed by atoms with van der Waals surface area (Å²) >= 11 is 0. The Labute approximate surface area is 158 Å². The van der Waals surface area contributed by atoms with E-state index in [0.717, 1.165) is 12.1 Å². The lowest BCUT2D eigenvalue weighted by atomic mass is 10.0. The van der Waals surface area contributed by atoms with Gasteiger partial charge in [0.1, 0.15) is 29.2 Å². The van der Waals surface area contributed by atoms with Gasteiger partial charge in [-0.25, -0.2) is 4.68 Å². The van der Waals surface area contributed by atoms with Gasteiger partial charge in [-0.1, -0.05) is 36.4 Å². The molecule has 5 nitrogen and oxygen atoms in total. The number of para-hydroxylation sites is 1. The Morgan fingerprint density at radius 1 is 1.04 bits per heavy atom. The van der Waals surface area contributed by atoms with Crippen molar-refractivity contribution in [2.75, 3.05) is 5.73 Å². The van der Waals surface area contributed by atoms with Gasteiger partial charge in [-0.3, -0.25) is 0 Å². The molecule has 0 amide bonds.